The summed E-state index contributed by atoms with van der Waals surface area (Å²) >= 11 is 5.71. The number of carbonyl (C=O) groups is 1. The van der Waals surface area contributed by atoms with Gasteiger partial charge in [0.15, 0.2) is 0 Å². The Hall–Kier alpha value is -0.930. The Balaban J connectivity index is 2.04. The van der Waals surface area contributed by atoms with Crippen molar-refractivity contribution < 1.29 is 9.18 Å². The largest absolute Gasteiger partial charge is 0.300 e. The molecule has 0 bridgehead atoms. The van der Waals surface area contributed by atoms with Crippen LogP contribution in [0.3, 0.4) is 0 Å². The van der Waals surface area contributed by atoms with Gasteiger partial charge < -0.3 is 0 Å². The zero-order chi connectivity index (χ0) is 11.5. The molecule has 0 amide bonds. The molecule has 16 heavy (non-hydrogen) atoms. The summed E-state index contributed by atoms with van der Waals surface area (Å²) in [7, 11) is 0. The number of Topliss-reactive ketones (excluding diaryl/α,β-unsaturated/α-hetero) is 1. The molecule has 1 aromatic rings. The van der Waals surface area contributed by atoms with Crippen LogP contribution in [0.25, 0.3) is 0 Å². The molecule has 2 nitrogen and oxygen atoms in total. The van der Waals surface area contributed by atoms with Crippen molar-refractivity contribution in [2.45, 2.75) is 19.4 Å². The van der Waals surface area contributed by atoms with Gasteiger partial charge in [0.1, 0.15) is 11.6 Å². The zero-order valence-electron chi connectivity index (χ0n) is 8.88. The number of carbonyl (C=O) groups excluding carboxylic acids is 1. The standard InChI is InChI=1S/C12H13ClFNO/c13-11-3-1-2-9(12(11)14)8-15-6-4-10(16)5-7-15/h1-3H,4-8H2. The van der Waals surface area contributed by atoms with E-state index in [1.807, 2.05) is 0 Å². The van der Waals surface area contributed by atoms with E-state index < -0.39 is 0 Å². The van der Waals surface area contributed by atoms with E-state index in [0.29, 0.717) is 43.8 Å². The lowest BCUT2D eigenvalue weighted by Gasteiger charge is -2.25. The van der Waals surface area contributed by atoms with Crippen LogP contribution in [-0.4, -0.2) is 23.8 Å². The van der Waals surface area contributed by atoms with Gasteiger partial charge in [-0.05, 0) is 6.07 Å². The van der Waals surface area contributed by atoms with Gasteiger partial charge in [-0.15, -0.1) is 0 Å². The molecule has 0 saturated carbocycles. The third-order valence-electron chi connectivity index (χ3n) is 2.84. The molecule has 2 rings (SSSR count). The van der Waals surface area contributed by atoms with Crippen molar-refractivity contribution in [3.8, 4) is 0 Å². The Morgan fingerprint density at radius 2 is 2.00 bits per heavy atom. The summed E-state index contributed by atoms with van der Waals surface area (Å²) in [5.74, 6) is -0.0520. The second-order valence-electron chi connectivity index (χ2n) is 4.03. The molecule has 1 aliphatic heterocycles. The second-order valence-corrected chi connectivity index (χ2v) is 4.43. The number of hydrogen-bond donors (Lipinski definition) is 0. The third-order valence-corrected chi connectivity index (χ3v) is 3.13. The van der Waals surface area contributed by atoms with E-state index in [9.17, 15) is 9.18 Å². The first kappa shape index (κ1) is 11.6. The summed E-state index contributed by atoms with van der Waals surface area (Å²) in [5.41, 5.74) is 0.599. The number of hydrogen-bond acceptors (Lipinski definition) is 2. The van der Waals surface area contributed by atoms with Crippen molar-refractivity contribution in [2.24, 2.45) is 0 Å². The maximum atomic E-state index is 13.6. The first-order valence-corrected chi connectivity index (χ1v) is 5.71. The Morgan fingerprint density at radius 3 is 2.69 bits per heavy atom. The molecule has 86 valence electrons. The average Bonchev–Trinajstić information content (AvgIpc) is 2.28. The molecule has 4 heteroatoms. The fraction of sp³-hybridized carbons (Fsp3) is 0.417. The monoisotopic (exact) mass is 241 g/mol. The Bertz CT molecular complexity index is 398. The lowest BCUT2D eigenvalue weighted by molar-refractivity contribution is -0.121. The van der Waals surface area contributed by atoms with Crippen LogP contribution < -0.4 is 0 Å². The van der Waals surface area contributed by atoms with E-state index in [2.05, 4.69) is 4.90 Å². The van der Waals surface area contributed by atoms with Crippen LogP contribution in [0.5, 0.6) is 0 Å². The average molecular weight is 242 g/mol. The highest BCUT2D eigenvalue weighted by atomic mass is 35.5. The van der Waals surface area contributed by atoms with Gasteiger partial charge in [0.2, 0.25) is 0 Å². The van der Waals surface area contributed by atoms with Crippen LogP contribution >= 0.6 is 11.6 Å². The van der Waals surface area contributed by atoms with Gasteiger partial charge in [0.05, 0.1) is 5.02 Å². The highest BCUT2D eigenvalue weighted by molar-refractivity contribution is 6.30. The van der Waals surface area contributed by atoms with Crippen molar-refractivity contribution in [2.75, 3.05) is 13.1 Å². The quantitative estimate of drug-likeness (QED) is 0.794. The van der Waals surface area contributed by atoms with Gasteiger partial charge in [0.25, 0.3) is 0 Å². The number of nitrogens with zero attached hydrogens (tertiary/aromatic N) is 1. The summed E-state index contributed by atoms with van der Waals surface area (Å²) < 4.78 is 13.6. The summed E-state index contributed by atoms with van der Waals surface area (Å²) in [6.07, 6.45) is 1.14. The summed E-state index contributed by atoms with van der Waals surface area (Å²) in [6, 6.07) is 5.02. The third kappa shape index (κ3) is 2.60. The Labute approximate surface area is 99.0 Å². The molecule has 0 spiro atoms. The number of halogens is 2. The molecule has 0 unspecified atom stereocenters. The van der Waals surface area contributed by atoms with Crippen molar-refractivity contribution >= 4 is 17.4 Å². The van der Waals surface area contributed by atoms with E-state index in [0.717, 1.165) is 0 Å². The van der Waals surface area contributed by atoms with Crippen LogP contribution in [-0.2, 0) is 11.3 Å². The van der Waals surface area contributed by atoms with Gasteiger partial charge in [-0.1, -0.05) is 23.7 Å². The Morgan fingerprint density at radius 1 is 1.31 bits per heavy atom. The molecule has 0 radical (unpaired) electrons. The number of rotatable bonds is 2. The summed E-state index contributed by atoms with van der Waals surface area (Å²) in [5, 5.41) is 0.158. The van der Waals surface area contributed by atoms with Crippen LogP contribution in [0.15, 0.2) is 18.2 Å². The molecule has 1 aromatic carbocycles. The van der Waals surface area contributed by atoms with Crippen molar-refractivity contribution in [3.63, 3.8) is 0 Å². The molecule has 1 fully saturated rings. The molecule has 1 saturated heterocycles. The fourth-order valence-electron chi connectivity index (χ4n) is 1.87. The molecular formula is C12H13ClFNO. The number of ketones is 1. The minimum absolute atomic E-state index is 0.158. The molecule has 0 N–H and O–H groups in total. The van der Waals surface area contributed by atoms with E-state index in [1.165, 1.54) is 0 Å². The highest BCUT2D eigenvalue weighted by Gasteiger charge is 2.17. The first-order valence-electron chi connectivity index (χ1n) is 5.34. The predicted octanol–water partition coefficient (Wildman–Crippen LogP) is 2.64. The SMILES string of the molecule is O=C1CCN(Cc2cccc(Cl)c2F)CC1. The minimum Gasteiger partial charge on any atom is -0.300 e. The van der Waals surface area contributed by atoms with Gasteiger partial charge in [0, 0.05) is 38.0 Å². The first-order chi connectivity index (χ1) is 7.66. The fourth-order valence-corrected chi connectivity index (χ4v) is 2.07. The molecule has 0 atom stereocenters. The van der Waals surface area contributed by atoms with Gasteiger partial charge >= 0.3 is 0 Å². The maximum Gasteiger partial charge on any atom is 0.146 e. The lowest BCUT2D eigenvalue weighted by Crippen LogP contribution is -2.33. The van der Waals surface area contributed by atoms with Crippen LogP contribution in [0.4, 0.5) is 4.39 Å². The second kappa shape index (κ2) is 4.93. The van der Waals surface area contributed by atoms with E-state index in [4.69, 9.17) is 11.6 Å². The topological polar surface area (TPSA) is 20.3 Å². The summed E-state index contributed by atoms with van der Waals surface area (Å²) in [4.78, 5) is 13.1. The molecule has 1 heterocycles. The normalized spacial score (nSPS) is 17.8. The van der Waals surface area contributed by atoms with E-state index >= 15 is 0 Å². The van der Waals surface area contributed by atoms with Crippen molar-refractivity contribution in [1.29, 1.82) is 0 Å². The van der Waals surface area contributed by atoms with E-state index in [1.54, 1.807) is 18.2 Å². The molecule has 0 aliphatic carbocycles. The van der Waals surface area contributed by atoms with Crippen LogP contribution in [0, 0.1) is 5.82 Å². The smallest absolute Gasteiger partial charge is 0.146 e. The number of benzene rings is 1. The van der Waals surface area contributed by atoms with Gasteiger partial charge in [-0.2, -0.15) is 0 Å². The van der Waals surface area contributed by atoms with E-state index in [-0.39, 0.29) is 10.8 Å². The Kier molecular flexibility index (Phi) is 3.56. The van der Waals surface area contributed by atoms with Crippen LogP contribution in [0.1, 0.15) is 18.4 Å². The predicted molar refractivity (Wildman–Crippen MR) is 60.9 cm³/mol. The molecule has 0 aromatic heterocycles. The number of likely N-dealkylation sites (tertiary alicyclic amines) is 1. The van der Waals surface area contributed by atoms with Crippen LogP contribution in [0.2, 0.25) is 5.02 Å². The van der Waals surface area contributed by atoms with Gasteiger partial charge in [-0.3, -0.25) is 9.69 Å². The molecular weight excluding hydrogens is 229 g/mol. The summed E-state index contributed by atoms with van der Waals surface area (Å²) in [6.45, 7) is 1.95. The highest BCUT2D eigenvalue weighted by Crippen LogP contribution is 2.20. The minimum atomic E-state index is -0.346. The molecule has 1 aliphatic rings. The maximum absolute atomic E-state index is 13.6. The lowest BCUT2D eigenvalue weighted by atomic mass is 10.1. The van der Waals surface area contributed by atoms with Gasteiger partial charge in [-0.25, -0.2) is 4.39 Å². The number of piperidine rings is 1. The van der Waals surface area contributed by atoms with Crippen molar-refractivity contribution in [3.05, 3.63) is 34.6 Å². The zero-order valence-corrected chi connectivity index (χ0v) is 9.63. The van der Waals surface area contributed by atoms with Crippen molar-refractivity contribution in [1.82, 2.24) is 4.90 Å².